The second-order valence-corrected chi connectivity index (χ2v) is 12.7. The monoisotopic (exact) mass is 719 g/mol. The number of alkyl halides is 1. The molecule has 0 amide bonds. The van der Waals surface area contributed by atoms with E-state index in [9.17, 15) is 4.39 Å². The van der Waals surface area contributed by atoms with E-state index in [1.807, 2.05) is 77.9 Å². The van der Waals surface area contributed by atoms with Crippen LogP contribution in [0.1, 0.15) is 110 Å². The standard InChI is InChI=1S/C38H44FNO6.3C2H6/c1-26-33-22-32(45-36-10-3-5-19-43-36)15-16-34(33)46-38(28-11-13-30(14-12-28)41-20-17-40-24-27(23-39)25-40)37(26)29-7-6-8-31(21-29)44-35-9-2-4-18-42-35;3*1-2/h6-8,11-16,21-22,27,35-36,38H,2-5,9-10,17-20,23-25H2,1H3;3*1-2H3. The molecule has 52 heavy (non-hydrogen) atoms. The maximum absolute atomic E-state index is 12.8. The van der Waals surface area contributed by atoms with E-state index in [0.29, 0.717) is 6.61 Å². The minimum Gasteiger partial charge on any atom is -0.492 e. The molecule has 0 radical (unpaired) electrons. The molecule has 0 aromatic heterocycles. The first-order valence-corrected chi connectivity index (χ1v) is 19.8. The molecule has 3 aromatic carbocycles. The van der Waals surface area contributed by atoms with Gasteiger partial charge < -0.3 is 28.4 Å². The van der Waals surface area contributed by atoms with Crippen LogP contribution in [-0.2, 0) is 9.47 Å². The van der Waals surface area contributed by atoms with Crippen molar-refractivity contribution in [3.8, 4) is 23.0 Å². The van der Waals surface area contributed by atoms with Gasteiger partial charge in [0.15, 0.2) is 12.6 Å². The highest BCUT2D eigenvalue weighted by Gasteiger charge is 2.31. The largest absolute Gasteiger partial charge is 0.492 e. The van der Waals surface area contributed by atoms with Crippen LogP contribution in [0.3, 0.4) is 0 Å². The van der Waals surface area contributed by atoms with Gasteiger partial charge in [-0.3, -0.25) is 9.29 Å². The van der Waals surface area contributed by atoms with Crippen molar-refractivity contribution in [3.05, 3.63) is 83.4 Å². The van der Waals surface area contributed by atoms with Crippen LogP contribution in [0.25, 0.3) is 11.1 Å². The maximum Gasteiger partial charge on any atom is 0.199 e. The zero-order valence-electron chi connectivity index (χ0n) is 32.6. The van der Waals surface area contributed by atoms with Gasteiger partial charge in [-0.25, -0.2) is 0 Å². The Balaban J connectivity index is 0.000000960. The zero-order chi connectivity index (χ0) is 37.3. The van der Waals surface area contributed by atoms with E-state index < -0.39 is 0 Å². The molecular formula is C44H62FNO6. The number of hydrogen-bond acceptors (Lipinski definition) is 7. The molecule has 0 aliphatic carbocycles. The van der Waals surface area contributed by atoms with Crippen LogP contribution >= 0.6 is 0 Å². The van der Waals surface area contributed by atoms with Gasteiger partial charge in [-0.05, 0) is 91.8 Å². The van der Waals surface area contributed by atoms with Gasteiger partial charge in [-0.15, -0.1) is 0 Å². The summed E-state index contributed by atoms with van der Waals surface area (Å²) in [6.45, 7) is 18.4. The number of fused-ring (bicyclic) bond motifs is 1. The van der Waals surface area contributed by atoms with Crippen LogP contribution in [0.2, 0.25) is 0 Å². The Kier molecular flexibility index (Phi) is 17.3. The number of ether oxygens (including phenoxy) is 6. The second-order valence-electron chi connectivity index (χ2n) is 12.7. The van der Waals surface area contributed by atoms with Gasteiger partial charge in [-0.1, -0.05) is 65.8 Å². The number of allylic oxidation sites excluding steroid dienone is 1. The van der Waals surface area contributed by atoms with Crippen LogP contribution in [0, 0.1) is 5.92 Å². The van der Waals surface area contributed by atoms with Gasteiger partial charge in [0.25, 0.3) is 0 Å². The van der Waals surface area contributed by atoms with Crippen molar-refractivity contribution in [2.24, 2.45) is 5.92 Å². The second kappa shape index (κ2) is 21.8. The van der Waals surface area contributed by atoms with E-state index in [0.717, 1.165) is 122 Å². The first kappa shape index (κ1) is 41.2. The average molecular weight is 720 g/mol. The maximum atomic E-state index is 12.8. The van der Waals surface area contributed by atoms with Crippen molar-refractivity contribution >= 4 is 11.1 Å². The summed E-state index contributed by atoms with van der Waals surface area (Å²) in [5.41, 5.74) is 5.25. The van der Waals surface area contributed by atoms with Crippen molar-refractivity contribution in [2.45, 2.75) is 106 Å². The summed E-state index contributed by atoms with van der Waals surface area (Å²) < 4.78 is 49.8. The van der Waals surface area contributed by atoms with Crippen molar-refractivity contribution in [3.63, 3.8) is 0 Å². The summed E-state index contributed by atoms with van der Waals surface area (Å²) in [6, 6.07) is 22.4. The molecule has 0 bridgehead atoms. The molecule has 0 saturated carbocycles. The smallest absolute Gasteiger partial charge is 0.199 e. The fourth-order valence-electron chi connectivity index (χ4n) is 6.75. The number of likely N-dealkylation sites (tertiary alicyclic amines) is 1. The molecule has 0 N–H and O–H groups in total. The summed E-state index contributed by atoms with van der Waals surface area (Å²) in [5, 5.41) is 0. The Labute approximate surface area is 312 Å². The first-order chi connectivity index (χ1) is 25.6. The average Bonchev–Trinajstić information content (AvgIpc) is 3.19. The molecule has 3 aromatic rings. The van der Waals surface area contributed by atoms with E-state index >= 15 is 0 Å². The van der Waals surface area contributed by atoms with Crippen molar-refractivity contribution in [2.75, 3.05) is 46.1 Å². The highest BCUT2D eigenvalue weighted by atomic mass is 19.1. The van der Waals surface area contributed by atoms with Gasteiger partial charge in [0.1, 0.15) is 35.7 Å². The molecule has 3 atom stereocenters. The van der Waals surface area contributed by atoms with Gasteiger partial charge in [0, 0.05) is 49.5 Å². The lowest BCUT2D eigenvalue weighted by Gasteiger charge is -2.37. The Hall–Kier alpha value is -3.59. The molecule has 4 heterocycles. The number of halogens is 1. The molecule has 3 unspecified atom stereocenters. The highest BCUT2D eigenvalue weighted by molar-refractivity contribution is 5.96. The minimum atomic E-state index is -0.338. The van der Waals surface area contributed by atoms with Crippen molar-refractivity contribution in [1.29, 1.82) is 0 Å². The Morgan fingerprint density at radius 2 is 1.35 bits per heavy atom. The third kappa shape index (κ3) is 11.0. The van der Waals surface area contributed by atoms with Gasteiger partial charge in [0.05, 0.1) is 19.9 Å². The Morgan fingerprint density at radius 1 is 0.731 bits per heavy atom. The first-order valence-electron chi connectivity index (χ1n) is 19.8. The highest BCUT2D eigenvalue weighted by Crippen LogP contribution is 2.48. The van der Waals surface area contributed by atoms with Crippen molar-refractivity contribution in [1.82, 2.24) is 4.90 Å². The molecule has 4 aliphatic rings. The summed E-state index contributed by atoms with van der Waals surface area (Å²) in [4.78, 5) is 2.22. The zero-order valence-corrected chi connectivity index (χ0v) is 32.6. The Bertz CT molecular complexity index is 1490. The molecular weight excluding hydrogens is 657 g/mol. The fraction of sp³-hybridized carbons (Fsp3) is 0.545. The van der Waals surface area contributed by atoms with E-state index in [2.05, 4.69) is 42.2 Å². The lowest BCUT2D eigenvalue weighted by atomic mass is 9.86. The van der Waals surface area contributed by atoms with E-state index in [1.165, 1.54) is 0 Å². The van der Waals surface area contributed by atoms with Crippen LogP contribution in [0.15, 0.2) is 66.7 Å². The van der Waals surface area contributed by atoms with E-state index in [-0.39, 0.29) is 31.3 Å². The van der Waals surface area contributed by atoms with Gasteiger partial charge >= 0.3 is 0 Å². The van der Waals surface area contributed by atoms with Crippen LogP contribution in [0.5, 0.6) is 23.0 Å². The summed E-state index contributed by atoms with van der Waals surface area (Å²) in [6.07, 6.45) is 5.37. The lowest BCUT2D eigenvalue weighted by Crippen LogP contribution is -2.49. The predicted octanol–water partition coefficient (Wildman–Crippen LogP) is 10.9. The van der Waals surface area contributed by atoms with Crippen LogP contribution < -0.4 is 18.9 Å². The number of benzene rings is 3. The molecule has 0 spiro atoms. The molecule has 4 aliphatic heterocycles. The third-order valence-electron chi connectivity index (χ3n) is 9.33. The predicted molar refractivity (Wildman–Crippen MR) is 209 cm³/mol. The van der Waals surface area contributed by atoms with Crippen molar-refractivity contribution < 1.29 is 32.8 Å². The molecule has 3 saturated heterocycles. The number of nitrogens with zero attached hydrogens (tertiary/aromatic N) is 1. The third-order valence-corrected chi connectivity index (χ3v) is 9.33. The Morgan fingerprint density at radius 3 is 1.94 bits per heavy atom. The fourth-order valence-corrected chi connectivity index (χ4v) is 6.75. The molecule has 286 valence electrons. The molecule has 3 fully saturated rings. The van der Waals surface area contributed by atoms with Crippen LogP contribution in [-0.4, -0.2) is 63.6 Å². The summed E-state index contributed by atoms with van der Waals surface area (Å²) in [7, 11) is 0. The molecule has 7 nitrogen and oxygen atoms in total. The van der Waals surface area contributed by atoms with Gasteiger partial charge in [0.2, 0.25) is 0 Å². The SMILES string of the molecule is CC.CC.CC.CC1=C(c2cccc(OC3CCCCO3)c2)C(c2ccc(OCCN3CC(CF)C3)cc2)Oc2ccc(OC3CCCCO3)cc21. The number of hydrogen-bond donors (Lipinski definition) is 0. The van der Waals surface area contributed by atoms with E-state index in [1.54, 1.807) is 0 Å². The summed E-state index contributed by atoms with van der Waals surface area (Å²) in [5.74, 6) is 3.36. The van der Waals surface area contributed by atoms with E-state index in [4.69, 9.17) is 28.4 Å². The lowest BCUT2D eigenvalue weighted by molar-refractivity contribution is -0.106. The van der Waals surface area contributed by atoms with Crippen LogP contribution in [0.4, 0.5) is 4.39 Å². The van der Waals surface area contributed by atoms with Gasteiger partial charge in [-0.2, -0.15) is 0 Å². The topological polar surface area (TPSA) is 58.6 Å². The molecule has 7 rings (SSSR count). The normalized spacial score (nSPS) is 21.3. The number of rotatable bonds is 11. The minimum absolute atomic E-state index is 0.184. The quantitative estimate of drug-likeness (QED) is 0.195. The molecule has 8 heteroatoms. The summed E-state index contributed by atoms with van der Waals surface area (Å²) >= 11 is 0.